The van der Waals surface area contributed by atoms with E-state index < -0.39 is 4.92 Å². The average Bonchev–Trinajstić information content (AvgIpc) is 2.56. The van der Waals surface area contributed by atoms with Gasteiger partial charge in [-0.25, -0.2) is 0 Å². The van der Waals surface area contributed by atoms with Crippen LogP contribution >= 0.6 is 0 Å². The van der Waals surface area contributed by atoms with E-state index in [1.165, 1.54) is 12.1 Å². The van der Waals surface area contributed by atoms with Crippen LogP contribution in [-0.4, -0.2) is 22.2 Å². The number of nitro groups is 1. The normalized spacial score (nSPS) is 24.3. The van der Waals surface area contributed by atoms with Gasteiger partial charge in [-0.3, -0.25) is 10.1 Å². The first-order valence-corrected chi connectivity index (χ1v) is 6.36. The molecule has 0 saturated heterocycles. The molecule has 1 aliphatic rings. The zero-order valence-electron chi connectivity index (χ0n) is 10.2. The summed E-state index contributed by atoms with van der Waals surface area (Å²) in [6, 6.07) is 6.39. The Bertz CT molecular complexity index is 405. The molecule has 1 aliphatic carbocycles. The van der Waals surface area contributed by atoms with Crippen LogP contribution in [0.1, 0.15) is 32.1 Å². The Morgan fingerprint density at radius 2 is 1.83 bits per heavy atom. The van der Waals surface area contributed by atoms with E-state index in [-0.39, 0.29) is 17.8 Å². The average molecular weight is 250 g/mol. The number of hydrogen-bond acceptors (Lipinski definition) is 4. The summed E-state index contributed by atoms with van der Waals surface area (Å²) in [5.74, 6) is 0. The fraction of sp³-hybridized carbons (Fsp3) is 0.538. The van der Waals surface area contributed by atoms with Gasteiger partial charge in [0, 0.05) is 17.8 Å². The number of nitrogens with one attached hydrogen (secondary N) is 1. The van der Waals surface area contributed by atoms with Crippen molar-refractivity contribution < 1.29 is 10.0 Å². The third kappa shape index (κ3) is 3.20. The third-order valence-electron chi connectivity index (χ3n) is 3.41. The molecule has 0 radical (unpaired) electrons. The quantitative estimate of drug-likeness (QED) is 0.491. The van der Waals surface area contributed by atoms with Crippen molar-refractivity contribution in [3.63, 3.8) is 0 Å². The van der Waals surface area contributed by atoms with Crippen LogP contribution in [0.2, 0.25) is 0 Å². The van der Waals surface area contributed by atoms with Gasteiger partial charge in [-0.05, 0) is 25.0 Å². The van der Waals surface area contributed by atoms with E-state index in [0.717, 1.165) is 37.8 Å². The minimum Gasteiger partial charge on any atom is -0.391 e. The van der Waals surface area contributed by atoms with Gasteiger partial charge < -0.3 is 10.4 Å². The van der Waals surface area contributed by atoms with Crippen LogP contribution in [0.4, 0.5) is 11.4 Å². The number of nitrogens with zero attached hydrogens (tertiary/aromatic N) is 1. The molecule has 0 amide bonds. The summed E-state index contributed by atoms with van der Waals surface area (Å²) in [5, 5.41) is 23.8. The topological polar surface area (TPSA) is 75.4 Å². The second-order valence-corrected chi connectivity index (χ2v) is 4.76. The number of nitro benzene ring substituents is 1. The molecule has 0 bridgehead atoms. The number of rotatable bonds is 3. The lowest BCUT2D eigenvalue weighted by atomic mass is 10.1. The highest BCUT2D eigenvalue weighted by Gasteiger charge is 2.21. The maximum absolute atomic E-state index is 10.5. The van der Waals surface area contributed by atoms with Crippen molar-refractivity contribution in [2.24, 2.45) is 0 Å². The van der Waals surface area contributed by atoms with Crippen LogP contribution in [0.15, 0.2) is 24.3 Å². The Balaban J connectivity index is 2.01. The van der Waals surface area contributed by atoms with Crippen molar-refractivity contribution >= 4 is 11.4 Å². The summed E-state index contributed by atoms with van der Waals surface area (Å²) in [5.41, 5.74) is 0.911. The standard InChI is InChI=1S/C13H18N2O3/c16-13-5-3-1-2-4-12(13)14-10-6-8-11(9-7-10)15(17)18/h6-9,12-14,16H,1-5H2. The lowest BCUT2D eigenvalue weighted by Crippen LogP contribution is -2.32. The Hall–Kier alpha value is -1.62. The Morgan fingerprint density at radius 1 is 1.17 bits per heavy atom. The number of anilines is 1. The molecule has 0 aromatic heterocycles. The van der Waals surface area contributed by atoms with Crippen molar-refractivity contribution in [1.29, 1.82) is 0 Å². The zero-order valence-corrected chi connectivity index (χ0v) is 10.2. The number of hydrogen-bond donors (Lipinski definition) is 2. The molecule has 0 heterocycles. The van der Waals surface area contributed by atoms with Gasteiger partial charge in [-0.2, -0.15) is 0 Å². The molecule has 5 heteroatoms. The third-order valence-corrected chi connectivity index (χ3v) is 3.41. The number of non-ortho nitro benzene ring substituents is 1. The predicted molar refractivity (Wildman–Crippen MR) is 69.6 cm³/mol. The maximum Gasteiger partial charge on any atom is 0.269 e. The predicted octanol–water partition coefficient (Wildman–Crippen LogP) is 2.70. The molecule has 5 nitrogen and oxygen atoms in total. The van der Waals surface area contributed by atoms with Gasteiger partial charge in [0.1, 0.15) is 0 Å². The van der Waals surface area contributed by atoms with Crippen LogP contribution in [0.5, 0.6) is 0 Å². The Morgan fingerprint density at radius 3 is 2.50 bits per heavy atom. The van der Waals surface area contributed by atoms with Crippen LogP contribution in [0.25, 0.3) is 0 Å². The van der Waals surface area contributed by atoms with E-state index in [0.29, 0.717) is 0 Å². The first kappa shape index (κ1) is 12.8. The van der Waals surface area contributed by atoms with Gasteiger partial charge in [0.15, 0.2) is 0 Å². The molecule has 18 heavy (non-hydrogen) atoms. The highest BCUT2D eigenvalue weighted by atomic mass is 16.6. The molecule has 2 unspecified atom stereocenters. The van der Waals surface area contributed by atoms with Crippen molar-refractivity contribution in [2.45, 2.75) is 44.2 Å². The van der Waals surface area contributed by atoms with E-state index in [1.54, 1.807) is 12.1 Å². The molecule has 2 rings (SSSR count). The first-order valence-electron chi connectivity index (χ1n) is 6.36. The van der Waals surface area contributed by atoms with Crippen LogP contribution in [-0.2, 0) is 0 Å². The summed E-state index contributed by atoms with van der Waals surface area (Å²) in [6.07, 6.45) is 4.78. The smallest absolute Gasteiger partial charge is 0.269 e. The summed E-state index contributed by atoms with van der Waals surface area (Å²) < 4.78 is 0. The SMILES string of the molecule is O=[N+]([O-])c1ccc(NC2CCCCCC2O)cc1. The van der Waals surface area contributed by atoms with Gasteiger partial charge >= 0.3 is 0 Å². The largest absolute Gasteiger partial charge is 0.391 e. The van der Waals surface area contributed by atoms with Gasteiger partial charge in [-0.1, -0.05) is 19.3 Å². The summed E-state index contributed by atoms with van der Waals surface area (Å²) in [7, 11) is 0. The highest BCUT2D eigenvalue weighted by molar-refractivity contribution is 5.49. The zero-order chi connectivity index (χ0) is 13.0. The Labute approximate surface area is 106 Å². The van der Waals surface area contributed by atoms with Crippen LogP contribution in [0.3, 0.4) is 0 Å². The van der Waals surface area contributed by atoms with Crippen molar-refractivity contribution in [1.82, 2.24) is 0 Å². The maximum atomic E-state index is 10.5. The molecule has 2 N–H and O–H groups in total. The fourth-order valence-electron chi connectivity index (χ4n) is 2.35. The van der Waals surface area contributed by atoms with E-state index >= 15 is 0 Å². The van der Waals surface area contributed by atoms with Gasteiger partial charge in [0.25, 0.3) is 5.69 Å². The lowest BCUT2D eigenvalue weighted by Gasteiger charge is -2.22. The minimum absolute atomic E-state index is 0.0500. The lowest BCUT2D eigenvalue weighted by molar-refractivity contribution is -0.384. The van der Waals surface area contributed by atoms with Crippen LogP contribution < -0.4 is 5.32 Å². The second kappa shape index (κ2) is 5.82. The fourth-order valence-corrected chi connectivity index (χ4v) is 2.35. The molecule has 1 aromatic carbocycles. The molecule has 0 aliphatic heterocycles. The van der Waals surface area contributed by atoms with E-state index in [9.17, 15) is 15.2 Å². The number of benzene rings is 1. The van der Waals surface area contributed by atoms with E-state index in [1.807, 2.05) is 0 Å². The number of aliphatic hydroxyl groups excluding tert-OH is 1. The molecule has 1 fully saturated rings. The first-order chi connectivity index (χ1) is 8.66. The van der Waals surface area contributed by atoms with Gasteiger partial charge in [-0.15, -0.1) is 0 Å². The summed E-state index contributed by atoms with van der Waals surface area (Å²) in [4.78, 5) is 10.1. The van der Waals surface area contributed by atoms with Gasteiger partial charge in [0.2, 0.25) is 0 Å². The van der Waals surface area contributed by atoms with Crippen LogP contribution in [0, 0.1) is 10.1 Å². The van der Waals surface area contributed by atoms with Crippen molar-refractivity contribution in [2.75, 3.05) is 5.32 Å². The van der Waals surface area contributed by atoms with Gasteiger partial charge in [0.05, 0.1) is 17.1 Å². The molecule has 1 aromatic rings. The molecule has 98 valence electrons. The minimum atomic E-state index is -0.412. The second-order valence-electron chi connectivity index (χ2n) is 4.76. The monoisotopic (exact) mass is 250 g/mol. The van der Waals surface area contributed by atoms with Crippen molar-refractivity contribution in [3.05, 3.63) is 34.4 Å². The number of aliphatic hydroxyl groups is 1. The Kier molecular flexibility index (Phi) is 4.15. The molecular weight excluding hydrogens is 232 g/mol. The molecule has 1 saturated carbocycles. The van der Waals surface area contributed by atoms with E-state index in [2.05, 4.69) is 5.32 Å². The van der Waals surface area contributed by atoms with Crippen molar-refractivity contribution in [3.8, 4) is 0 Å². The molecular formula is C13H18N2O3. The molecule has 2 atom stereocenters. The summed E-state index contributed by atoms with van der Waals surface area (Å²) >= 11 is 0. The van der Waals surface area contributed by atoms with E-state index in [4.69, 9.17) is 0 Å². The summed E-state index contributed by atoms with van der Waals surface area (Å²) in [6.45, 7) is 0. The molecule has 0 spiro atoms. The highest BCUT2D eigenvalue weighted by Crippen LogP contribution is 2.23.